The van der Waals surface area contributed by atoms with Crippen molar-refractivity contribution in [1.29, 1.82) is 0 Å². The average molecular weight is 665 g/mol. The van der Waals surface area contributed by atoms with E-state index in [-0.39, 0.29) is 11.4 Å². The van der Waals surface area contributed by atoms with E-state index in [1.165, 1.54) is 98.3 Å². The molecule has 0 bridgehead atoms. The minimum absolute atomic E-state index is 0.210. The number of rotatable bonds is 8. The van der Waals surface area contributed by atoms with Gasteiger partial charge in [-0.15, -0.1) is 0 Å². The maximum atomic E-state index is 11.5. The number of aryl methyl sites for hydroxylation is 2. The van der Waals surface area contributed by atoms with Crippen molar-refractivity contribution < 1.29 is 4.79 Å². The van der Waals surface area contributed by atoms with Crippen LogP contribution in [0.3, 0.4) is 0 Å². The van der Waals surface area contributed by atoms with Crippen molar-refractivity contribution in [2.75, 3.05) is 63.2 Å². The van der Waals surface area contributed by atoms with E-state index in [1.54, 1.807) is 4.90 Å². The Labute approximate surface area is 290 Å². The summed E-state index contributed by atoms with van der Waals surface area (Å²) in [7, 11) is 4.51. The van der Waals surface area contributed by atoms with Crippen molar-refractivity contribution in [3.05, 3.63) is 58.7 Å². The normalized spacial score (nSPS) is 25.0. The first-order chi connectivity index (χ1) is 22.6. The lowest BCUT2D eigenvalue weighted by Crippen LogP contribution is -2.48. The second-order valence-electron chi connectivity index (χ2n) is 15.0. The molecule has 4 saturated heterocycles. The van der Waals surface area contributed by atoms with Gasteiger partial charge in [-0.05, 0) is 146 Å². The number of amides is 1. The fourth-order valence-corrected chi connectivity index (χ4v) is 8.48. The molecule has 1 N–H and O–H groups in total. The molecule has 0 aromatic heterocycles. The molecule has 4 fully saturated rings. The van der Waals surface area contributed by atoms with Crippen molar-refractivity contribution in [3.8, 4) is 0 Å². The van der Waals surface area contributed by atoms with Gasteiger partial charge in [-0.2, -0.15) is 0 Å². The zero-order chi connectivity index (χ0) is 33.5. The molecule has 4 aliphatic rings. The van der Waals surface area contributed by atoms with Gasteiger partial charge in [-0.25, -0.2) is 0 Å². The van der Waals surface area contributed by atoms with E-state index in [0.717, 1.165) is 39.0 Å². The second kappa shape index (κ2) is 16.9. The predicted molar refractivity (Wildman–Crippen MR) is 199 cm³/mol. The van der Waals surface area contributed by atoms with Crippen LogP contribution in [0.1, 0.15) is 87.5 Å². The van der Waals surface area contributed by atoms with Crippen LogP contribution in [0.4, 0.5) is 16.2 Å². The Kier molecular flexibility index (Phi) is 12.9. The van der Waals surface area contributed by atoms with Crippen LogP contribution in [0.15, 0.2) is 36.4 Å². The number of hydrogen-bond donors (Lipinski definition) is 1. The molecular weight excluding hydrogens is 604 g/mol. The zero-order valence-electron chi connectivity index (χ0n) is 30.1. The van der Waals surface area contributed by atoms with Gasteiger partial charge in [-0.1, -0.05) is 24.3 Å². The largest absolute Gasteiger partial charge is 0.371 e. The lowest BCUT2D eigenvalue weighted by atomic mass is 9.97. The molecule has 4 heterocycles. The number of halogens is 1. The molecule has 8 heteroatoms. The third-order valence-electron chi connectivity index (χ3n) is 11.1. The molecule has 260 valence electrons. The highest BCUT2D eigenvalue weighted by atomic mass is 35.5. The minimum Gasteiger partial charge on any atom is -0.371 e. The highest BCUT2D eigenvalue weighted by Gasteiger charge is 2.30. The number of hydrogen-bond acceptors (Lipinski definition) is 6. The number of likely N-dealkylation sites (tertiary alicyclic amines) is 1. The van der Waals surface area contributed by atoms with Gasteiger partial charge in [0.1, 0.15) is 0 Å². The smallest absolute Gasteiger partial charge is 0.316 e. The van der Waals surface area contributed by atoms with Gasteiger partial charge in [0, 0.05) is 81.4 Å². The Morgan fingerprint density at radius 2 is 1.26 bits per heavy atom. The molecule has 2 aromatic rings. The van der Waals surface area contributed by atoms with Crippen LogP contribution in [0, 0.1) is 13.8 Å². The van der Waals surface area contributed by atoms with Crippen molar-refractivity contribution in [3.63, 3.8) is 0 Å². The summed E-state index contributed by atoms with van der Waals surface area (Å²) in [6.45, 7) is 17.5. The third kappa shape index (κ3) is 9.65. The Morgan fingerprint density at radius 3 is 1.70 bits per heavy atom. The molecule has 2 aromatic carbocycles. The summed E-state index contributed by atoms with van der Waals surface area (Å²) in [5.41, 5.74) is 8.51. The number of benzene rings is 2. The van der Waals surface area contributed by atoms with Gasteiger partial charge in [0.15, 0.2) is 0 Å². The first-order valence-electron chi connectivity index (χ1n) is 18.4. The topological polar surface area (TPSA) is 45.3 Å². The maximum Gasteiger partial charge on any atom is 0.316 e. The van der Waals surface area contributed by atoms with E-state index in [4.69, 9.17) is 11.6 Å². The third-order valence-corrected chi connectivity index (χ3v) is 11.3. The molecule has 2 unspecified atom stereocenters. The minimum atomic E-state index is -0.316. The average Bonchev–Trinajstić information content (AvgIpc) is 3.78. The zero-order valence-corrected chi connectivity index (χ0v) is 30.9. The lowest BCUT2D eigenvalue weighted by molar-refractivity contribution is 0.108. The van der Waals surface area contributed by atoms with Crippen LogP contribution in [0.25, 0.3) is 0 Å². The van der Waals surface area contributed by atoms with Crippen molar-refractivity contribution in [2.45, 2.75) is 116 Å². The number of nitrogens with zero attached hydrogens (tertiary/aromatic N) is 5. The molecular formula is C39H61ClN6O. The van der Waals surface area contributed by atoms with Gasteiger partial charge in [-0.3, -0.25) is 14.6 Å². The standard InChI is InChI=1S/C20H30ClN3O.C19H31N3/c1-15-6-7-17(19(12-15)23-9-4-5-10-23)14-22(3)18-8-11-24(20(21)25)16(2)13-18;1-15-6-7-17(19(12-15)22-10-4-5-11-22)14-21(3)18-8-9-20-16(2)13-18/h6-7,12,16,18H,4-5,8-11,13-14H2,1-3H3;6-7,12,16,18,20H,4-5,8-11,13-14H2,1-3H3/t2*16-,18?/m00/s1. The molecule has 0 spiro atoms. The molecule has 1 amide bonds. The van der Waals surface area contributed by atoms with E-state index in [0.29, 0.717) is 18.1 Å². The Hall–Kier alpha value is -2.32. The molecule has 6 rings (SSSR count). The summed E-state index contributed by atoms with van der Waals surface area (Å²) >= 11 is 5.68. The molecule has 47 heavy (non-hydrogen) atoms. The summed E-state index contributed by atoms with van der Waals surface area (Å²) in [6.07, 6.45) is 9.79. The van der Waals surface area contributed by atoms with E-state index < -0.39 is 0 Å². The molecule has 0 saturated carbocycles. The van der Waals surface area contributed by atoms with Gasteiger partial charge in [0.25, 0.3) is 0 Å². The van der Waals surface area contributed by atoms with Gasteiger partial charge in [0.05, 0.1) is 0 Å². The first kappa shape index (κ1) is 36.0. The maximum absolute atomic E-state index is 11.5. The van der Waals surface area contributed by atoms with Gasteiger partial charge >= 0.3 is 5.37 Å². The van der Waals surface area contributed by atoms with Crippen LogP contribution >= 0.6 is 11.6 Å². The van der Waals surface area contributed by atoms with Crippen LogP contribution < -0.4 is 15.1 Å². The molecule has 4 atom stereocenters. The number of piperidine rings is 2. The first-order valence-corrected chi connectivity index (χ1v) is 18.8. The summed E-state index contributed by atoms with van der Waals surface area (Å²) in [6, 6.07) is 15.9. The summed E-state index contributed by atoms with van der Waals surface area (Å²) in [5, 5.41) is 3.24. The Bertz CT molecular complexity index is 1310. The fourth-order valence-electron chi connectivity index (χ4n) is 8.23. The monoisotopic (exact) mass is 664 g/mol. The van der Waals surface area contributed by atoms with Crippen LogP contribution in [0.2, 0.25) is 0 Å². The van der Waals surface area contributed by atoms with Crippen LogP contribution in [-0.2, 0) is 13.1 Å². The summed E-state index contributed by atoms with van der Waals surface area (Å²) < 4.78 is 0. The van der Waals surface area contributed by atoms with E-state index in [1.807, 2.05) is 0 Å². The van der Waals surface area contributed by atoms with Crippen LogP contribution in [0.5, 0.6) is 0 Å². The van der Waals surface area contributed by atoms with E-state index >= 15 is 0 Å². The molecule has 0 radical (unpaired) electrons. The van der Waals surface area contributed by atoms with Crippen molar-refractivity contribution in [2.24, 2.45) is 0 Å². The van der Waals surface area contributed by atoms with E-state index in [9.17, 15) is 4.79 Å². The predicted octanol–water partition coefficient (Wildman–Crippen LogP) is 7.41. The molecule has 0 aliphatic carbocycles. The SMILES string of the molecule is Cc1ccc(CN(C)C2CCN(C(=O)Cl)[C@@H](C)C2)c(N2CCCC2)c1.Cc1ccc(CN(C)C2CCN[C@@H](C)C2)c(N2CCCC2)c1. The van der Waals surface area contributed by atoms with Crippen LogP contribution in [-0.4, -0.2) is 97.6 Å². The number of nitrogens with one attached hydrogen (secondary N) is 1. The lowest BCUT2D eigenvalue weighted by Gasteiger charge is -2.40. The van der Waals surface area contributed by atoms with Crippen molar-refractivity contribution >= 4 is 28.3 Å². The highest BCUT2D eigenvalue weighted by Crippen LogP contribution is 2.30. The number of anilines is 2. The Morgan fingerprint density at radius 1 is 0.766 bits per heavy atom. The quantitative estimate of drug-likeness (QED) is 0.234. The van der Waals surface area contributed by atoms with Gasteiger partial charge in [0.2, 0.25) is 0 Å². The second-order valence-corrected chi connectivity index (χ2v) is 15.3. The van der Waals surface area contributed by atoms with Gasteiger partial charge < -0.3 is 20.0 Å². The summed E-state index contributed by atoms with van der Waals surface area (Å²) in [5.74, 6) is 0. The van der Waals surface area contributed by atoms with E-state index in [2.05, 4.69) is 103 Å². The molecule has 7 nitrogen and oxygen atoms in total. The fraction of sp³-hybridized carbons (Fsp3) is 0.667. The summed E-state index contributed by atoms with van der Waals surface area (Å²) in [4.78, 5) is 23.4. The van der Waals surface area contributed by atoms with Crippen molar-refractivity contribution in [1.82, 2.24) is 20.0 Å². The number of carbonyl (C=O) groups is 1. The Balaban J connectivity index is 0.000000186. The highest BCUT2D eigenvalue weighted by molar-refractivity contribution is 6.62. The molecule has 4 aliphatic heterocycles. The number of carbonyl (C=O) groups excluding carboxylic acids is 1.